The van der Waals surface area contributed by atoms with Crippen LogP contribution in [0.4, 0.5) is 0 Å². The summed E-state index contributed by atoms with van der Waals surface area (Å²) in [6.07, 6.45) is 11.8. The predicted molar refractivity (Wildman–Crippen MR) is 88.4 cm³/mol. The summed E-state index contributed by atoms with van der Waals surface area (Å²) in [5.41, 5.74) is 0.897. The number of ether oxygens (including phenoxy) is 1. The molecule has 122 valence electrons. The van der Waals surface area contributed by atoms with Crippen molar-refractivity contribution in [2.45, 2.75) is 78.2 Å². The van der Waals surface area contributed by atoms with Gasteiger partial charge >= 0.3 is 0 Å². The Kier molecular flexibility index (Phi) is 4.66. The van der Waals surface area contributed by atoms with E-state index in [1.54, 1.807) is 0 Å². The minimum absolute atomic E-state index is 0.418. The van der Waals surface area contributed by atoms with Crippen LogP contribution >= 0.6 is 0 Å². The monoisotopic (exact) mass is 293 g/mol. The number of rotatable bonds is 6. The molecule has 0 aromatic rings. The molecule has 1 N–H and O–H groups in total. The molecule has 3 fully saturated rings. The largest absolute Gasteiger partial charge is 0.376 e. The molecule has 0 saturated heterocycles. The number of hydrogen-bond donors (Lipinski definition) is 1. The molecule has 3 atom stereocenters. The second-order valence-electron chi connectivity index (χ2n) is 8.68. The number of hydrogen-bond acceptors (Lipinski definition) is 2. The van der Waals surface area contributed by atoms with Crippen molar-refractivity contribution in [3.63, 3.8) is 0 Å². The first kappa shape index (κ1) is 15.8. The molecule has 2 nitrogen and oxygen atoms in total. The van der Waals surface area contributed by atoms with Crippen molar-refractivity contribution in [2.75, 3.05) is 19.7 Å². The quantitative estimate of drug-likeness (QED) is 0.733. The van der Waals surface area contributed by atoms with E-state index in [2.05, 4.69) is 26.1 Å². The van der Waals surface area contributed by atoms with E-state index >= 15 is 0 Å². The minimum Gasteiger partial charge on any atom is -0.376 e. The highest BCUT2D eigenvalue weighted by Gasteiger charge is 2.61. The maximum atomic E-state index is 6.30. The SMILES string of the molecule is CC1(C)C2CCC1(C)C(OCCNCC1CCCCC1)C2. The standard InChI is InChI=1S/C19H35NO/c1-18(2)16-9-10-19(18,3)17(13-16)21-12-11-20-14-15-7-5-4-6-8-15/h15-17,20H,4-14H2,1-3H3. The zero-order chi connectivity index (χ0) is 14.9. The molecule has 3 aliphatic rings. The number of nitrogens with one attached hydrogen (secondary N) is 1. The summed E-state index contributed by atoms with van der Waals surface area (Å²) in [5.74, 6) is 1.82. The molecular weight excluding hydrogens is 258 g/mol. The van der Waals surface area contributed by atoms with Crippen LogP contribution in [0.15, 0.2) is 0 Å². The van der Waals surface area contributed by atoms with E-state index in [9.17, 15) is 0 Å². The Labute approximate surface area is 131 Å². The van der Waals surface area contributed by atoms with Crippen molar-refractivity contribution in [2.24, 2.45) is 22.7 Å². The maximum absolute atomic E-state index is 6.30. The summed E-state index contributed by atoms with van der Waals surface area (Å²) in [6, 6.07) is 0. The van der Waals surface area contributed by atoms with Crippen LogP contribution in [0.5, 0.6) is 0 Å². The molecule has 3 rings (SSSR count). The third kappa shape index (κ3) is 2.91. The molecule has 2 bridgehead atoms. The third-order valence-electron chi connectivity index (χ3n) is 7.47. The smallest absolute Gasteiger partial charge is 0.0637 e. The Morgan fingerprint density at radius 3 is 2.43 bits per heavy atom. The molecule has 0 spiro atoms. The lowest BCUT2D eigenvalue weighted by atomic mass is 9.70. The Balaban J connectivity index is 1.35. The molecular formula is C19H35NO. The van der Waals surface area contributed by atoms with Gasteiger partial charge in [0, 0.05) is 6.54 Å². The summed E-state index contributed by atoms with van der Waals surface area (Å²) in [5, 5.41) is 3.63. The first-order chi connectivity index (χ1) is 10.0. The Morgan fingerprint density at radius 2 is 1.81 bits per heavy atom. The predicted octanol–water partition coefficient (Wildman–Crippen LogP) is 4.39. The van der Waals surface area contributed by atoms with E-state index in [1.807, 2.05) is 0 Å². The van der Waals surface area contributed by atoms with Crippen LogP contribution in [0.2, 0.25) is 0 Å². The van der Waals surface area contributed by atoms with Crippen molar-refractivity contribution >= 4 is 0 Å². The van der Waals surface area contributed by atoms with Crippen molar-refractivity contribution in [1.29, 1.82) is 0 Å². The van der Waals surface area contributed by atoms with Gasteiger partial charge in [0.25, 0.3) is 0 Å². The van der Waals surface area contributed by atoms with Crippen LogP contribution in [-0.4, -0.2) is 25.8 Å². The molecule has 0 radical (unpaired) electrons. The molecule has 21 heavy (non-hydrogen) atoms. The fourth-order valence-corrected chi connectivity index (χ4v) is 5.35. The fraction of sp³-hybridized carbons (Fsp3) is 1.00. The first-order valence-electron chi connectivity index (χ1n) is 9.36. The molecule has 0 amide bonds. The average Bonchev–Trinajstić information content (AvgIpc) is 2.81. The second kappa shape index (κ2) is 6.20. The maximum Gasteiger partial charge on any atom is 0.0637 e. The molecule has 2 heteroatoms. The van der Waals surface area contributed by atoms with Gasteiger partial charge in [0.2, 0.25) is 0 Å². The first-order valence-corrected chi connectivity index (χ1v) is 9.36. The van der Waals surface area contributed by atoms with Crippen molar-refractivity contribution in [1.82, 2.24) is 5.32 Å². The minimum atomic E-state index is 0.418. The highest BCUT2D eigenvalue weighted by atomic mass is 16.5. The van der Waals surface area contributed by atoms with Crippen LogP contribution in [0.1, 0.15) is 72.1 Å². The number of fused-ring (bicyclic) bond motifs is 2. The van der Waals surface area contributed by atoms with Gasteiger partial charge in [-0.3, -0.25) is 0 Å². The van der Waals surface area contributed by atoms with Gasteiger partial charge in [-0.25, -0.2) is 0 Å². The lowest BCUT2D eigenvalue weighted by molar-refractivity contribution is -0.0451. The fourth-order valence-electron chi connectivity index (χ4n) is 5.35. The molecule has 0 aromatic heterocycles. The van der Waals surface area contributed by atoms with Gasteiger partial charge in [-0.15, -0.1) is 0 Å². The zero-order valence-corrected chi connectivity index (χ0v) is 14.4. The Bertz CT molecular complexity index is 347. The van der Waals surface area contributed by atoms with Gasteiger partial charge < -0.3 is 10.1 Å². The molecule has 0 heterocycles. The highest BCUT2D eigenvalue weighted by molar-refractivity contribution is 5.11. The summed E-state index contributed by atoms with van der Waals surface area (Å²) in [7, 11) is 0. The molecule has 0 aromatic carbocycles. The van der Waals surface area contributed by atoms with Crippen molar-refractivity contribution < 1.29 is 4.74 Å². The lowest BCUT2D eigenvalue weighted by Crippen LogP contribution is -2.38. The van der Waals surface area contributed by atoms with Crippen molar-refractivity contribution in [3.05, 3.63) is 0 Å². The van der Waals surface area contributed by atoms with E-state index in [0.717, 1.165) is 25.0 Å². The highest BCUT2D eigenvalue weighted by Crippen LogP contribution is 2.66. The molecule has 0 aliphatic heterocycles. The van der Waals surface area contributed by atoms with Gasteiger partial charge in [0.1, 0.15) is 0 Å². The van der Waals surface area contributed by atoms with E-state index in [-0.39, 0.29) is 0 Å². The van der Waals surface area contributed by atoms with Gasteiger partial charge in [-0.05, 0) is 61.3 Å². The van der Waals surface area contributed by atoms with Gasteiger partial charge in [-0.1, -0.05) is 40.0 Å². The normalized spacial score (nSPS) is 39.0. The van der Waals surface area contributed by atoms with Crippen LogP contribution < -0.4 is 5.32 Å². The molecule has 3 saturated carbocycles. The summed E-state index contributed by atoms with van der Waals surface area (Å²) in [6.45, 7) is 10.5. The van der Waals surface area contributed by atoms with Gasteiger partial charge in [-0.2, -0.15) is 0 Å². The van der Waals surface area contributed by atoms with Crippen LogP contribution in [0.3, 0.4) is 0 Å². The molecule has 3 aliphatic carbocycles. The Morgan fingerprint density at radius 1 is 1.05 bits per heavy atom. The third-order valence-corrected chi connectivity index (χ3v) is 7.47. The van der Waals surface area contributed by atoms with Gasteiger partial charge in [0.05, 0.1) is 12.7 Å². The van der Waals surface area contributed by atoms with Crippen LogP contribution in [-0.2, 0) is 4.74 Å². The Hall–Kier alpha value is -0.0800. The van der Waals surface area contributed by atoms with E-state index in [1.165, 1.54) is 57.9 Å². The zero-order valence-electron chi connectivity index (χ0n) is 14.4. The molecule has 3 unspecified atom stereocenters. The van der Waals surface area contributed by atoms with E-state index in [0.29, 0.717) is 16.9 Å². The van der Waals surface area contributed by atoms with Gasteiger partial charge in [0.15, 0.2) is 0 Å². The summed E-state index contributed by atoms with van der Waals surface area (Å²) >= 11 is 0. The van der Waals surface area contributed by atoms with E-state index < -0.39 is 0 Å². The van der Waals surface area contributed by atoms with Crippen molar-refractivity contribution in [3.8, 4) is 0 Å². The lowest BCUT2D eigenvalue weighted by Gasteiger charge is -2.39. The second-order valence-corrected chi connectivity index (χ2v) is 8.68. The van der Waals surface area contributed by atoms with Crippen LogP contribution in [0.25, 0.3) is 0 Å². The van der Waals surface area contributed by atoms with Crippen LogP contribution in [0, 0.1) is 22.7 Å². The summed E-state index contributed by atoms with van der Waals surface area (Å²) < 4.78 is 6.30. The van der Waals surface area contributed by atoms with E-state index in [4.69, 9.17) is 4.74 Å². The topological polar surface area (TPSA) is 21.3 Å². The average molecular weight is 293 g/mol. The summed E-state index contributed by atoms with van der Waals surface area (Å²) in [4.78, 5) is 0.